The molecule has 1 aromatic rings. The first-order chi connectivity index (χ1) is 12.3. The maximum atomic E-state index is 12.9. The number of amides is 2. The van der Waals surface area contributed by atoms with E-state index in [4.69, 9.17) is 9.84 Å². The summed E-state index contributed by atoms with van der Waals surface area (Å²) in [6, 6.07) is 6.80. The van der Waals surface area contributed by atoms with Gasteiger partial charge >= 0.3 is 5.97 Å². The molecule has 0 saturated carbocycles. The number of nitrogens with zero attached hydrogens (tertiary/aromatic N) is 1. The van der Waals surface area contributed by atoms with Gasteiger partial charge in [0.1, 0.15) is 0 Å². The molecule has 0 spiro atoms. The zero-order valence-electron chi connectivity index (χ0n) is 15.4. The summed E-state index contributed by atoms with van der Waals surface area (Å²) in [5.41, 5.74) is 1.93. The molecule has 2 rings (SSSR count). The van der Waals surface area contributed by atoms with Crippen LogP contribution in [0.25, 0.3) is 0 Å². The number of carbonyl (C=O) groups excluding carboxylic acids is 2. The first-order valence-corrected chi connectivity index (χ1v) is 8.68. The molecule has 142 valence electrons. The van der Waals surface area contributed by atoms with Crippen LogP contribution in [0.1, 0.15) is 43.4 Å². The zero-order chi connectivity index (χ0) is 19.3. The summed E-state index contributed by atoms with van der Waals surface area (Å²) in [6.07, 6.45) is 0.307. The number of methoxy groups -OCH3 is 1. The molecule has 2 N–H and O–H groups in total. The van der Waals surface area contributed by atoms with E-state index in [1.807, 2.05) is 31.2 Å². The molecule has 1 aliphatic rings. The number of likely N-dealkylation sites (tertiary alicyclic amines) is 1. The number of aryl methyl sites for hydroxylation is 1. The third-order valence-electron chi connectivity index (χ3n) is 4.68. The van der Waals surface area contributed by atoms with E-state index in [9.17, 15) is 14.4 Å². The van der Waals surface area contributed by atoms with Crippen LogP contribution in [-0.4, -0.2) is 53.6 Å². The van der Waals surface area contributed by atoms with Crippen LogP contribution in [0, 0.1) is 6.92 Å². The van der Waals surface area contributed by atoms with Crippen LogP contribution >= 0.6 is 0 Å². The zero-order valence-corrected chi connectivity index (χ0v) is 15.4. The molecule has 0 aromatic heterocycles. The molecule has 3 atom stereocenters. The van der Waals surface area contributed by atoms with E-state index in [2.05, 4.69) is 5.32 Å². The Kier molecular flexibility index (Phi) is 6.74. The van der Waals surface area contributed by atoms with Crippen molar-refractivity contribution < 1.29 is 24.2 Å². The van der Waals surface area contributed by atoms with Gasteiger partial charge in [0.15, 0.2) is 0 Å². The maximum absolute atomic E-state index is 12.9. The average Bonchev–Trinajstić information content (AvgIpc) is 2.97. The average molecular weight is 362 g/mol. The lowest BCUT2D eigenvalue weighted by atomic mass is 10.0. The first kappa shape index (κ1) is 19.9. The minimum Gasteiger partial charge on any atom is -0.481 e. The van der Waals surface area contributed by atoms with Crippen molar-refractivity contribution in [2.45, 2.75) is 51.3 Å². The van der Waals surface area contributed by atoms with Crippen molar-refractivity contribution in [2.24, 2.45) is 0 Å². The normalized spacial score (nSPS) is 20.7. The molecule has 7 nitrogen and oxygen atoms in total. The van der Waals surface area contributed by atoms with E-state index in [0.29, 0.717) is 13.0 Å². The Bertz CT molecular complexity index is 658. The summed E-state index contributed by atoms with van der Waals surface area (Å²) in [7, 11) is 1.56. The van der Waals surface area contributed by atoms with Gasteiger partial charge in [0.05, 0.1) is 25.0 Å². The van der Waals surface area contributed by atoms with E-state index in [1.54, 1.807) is 12.0 Å². The number of rotatable bonds is 7. The van der Waals surface area contributed by atoms with E-state index in [-0.39, 0.29) is 36.8 Å². The minimum absolute atomic E-state index is 0.0786. The number of nitrogens with one attached hydrogen (secondary N) is 1. The van der Waals surface area contributed by atoms with Crippen molar-refractivity contribution in [2.75, 3.05) is 13.7 Å². The summed E-state index contributed by atoms with van der Waals surface area (Å²) in [6.45, 7) is 3.75. The standard InChI is InChI=1S/C19H26N2O5/c1-12-4-6-14(7-5-12)17(20-13(2)22)10-18(23)21-11-16(26-3)8-15(21)9-19(24)25/h4-7,15-17H,8-11H2,1-3H3,(H,20,22)(H,24,25). The quantitative estimate of drug-likeness (QED) is 0.769. The van der Waals surface area contributed by atoms with Crippen LogP contribution in [-0.2, 0) is 19.1 Å². The van der Waals surface area contributed by atoms with Crippen LogP contribution in [0.5, 0.6) is 0 Å². The number of hydrogen-bond donors (Lipinski definition) is 2. The van der Waals surface area contributed by atoms with Gasteiger partial charge < -0.3 is 20.1 Å². The topological polar surface area (TPSA) is 95.9 Å². The molecule has 1 aromatic carbocycles. The molecule has 2 amide bonds. The Morgan fingerprint density at radius 1 is 1.31 bits per heavy atom. The van der Waals surface area contributed by atoms with E-state index in [1.165, 1.54) is 6.92 Å². The second-order valence-electron chi connectivity index (χ2n) is 6.76. The van der Waals surface area contributed by atoms with Gasteiger partial charge in [0.25, 0.3) is 0 Å². The highest BCUT2D eigenvalue weighted by atomic mass is 16.5. The van der Waals surface area contributed by atoms with Crippen LogP contribution in [0.2, 0.25) is 0 Å². The van der Waals surface area contributed by atoms with E-state index in [0.717, 1.165) is 11.1 Å². The Hall–Kier alpha value is -2.41. The SMILES string of the molecule is COC1CC(CC(=O)O)N(C(=O)CC(NC(C)=O)c2ccc(C)cc2)C1. The minimum atomic E-state index is -0.943. The van der Waals surface area contributed by atoms with Gasteiger partial charge in [-0.1, -0.05) is 29.8 Å². The Labute approximate surface area is 153 Å². The number of benzene rings is 1. The molecular weight excluding hydrogens is 336 g/mol. The first-order valence-electron chi connectivity index (χ1n) is 8.68. The summed E-state index contributed by atoms with van der Waals surface area (Å²) in [5, 5.41) is 11.9. The van der Waals surface area contributed by atoms with Gasteiger partial charge in [-0.2, -0.15) is 0 Å². The van der Waals surface area contributed by atoms with Gasteiger partial charge in [-0.3, -0.25) is 14.4 Å². The van der Waals surface area contributed by atoms with Gasteiger partial charge in [0.2, 0.25) is 11.8 Å². The molecule has 1 aliphatic heterocycles. The molecule has 1 fully saturated rings. The summed E-state index contributed by atoms with van der Waals surface area (Å²) < 4.78 is 5.31. The Morgan fingerprint density at radius 3 is 2.50 bits per heavy atom. The lowest BCUT2D eigenvalue weighted by Crippen LogP contribution is -2.40. The molecular formula is C19H26N2O5. The van der Waals surface area contributed by atoms with Gasteiger partial charge in [0, 0.05) is 26.6 Å². The fraction of sp³-hybridized carbons (Fsp3) is 0.526. The highest BCUT2D eigenvalue weighted by Crippen LogP contribution is 2.26. The molecule has 26 heavy (non-hydrogen) atoms. The second-order valence-corrected chi connectivity index (χ2v) is 6.76. The lowest BCUT2D eigenvalue weighted by molar-refractivity contribution is -0.140. The predicted molar refractivity (Wildman–Crippen MR) is 95.5 cm³/mol. The number of ether oxygens (including phenoxy) is 1. The Balaban J connectivity index is 2.15. The number of aliphatic carboxylic acids is 1. The molecule has 0 aliphatic carbocycles. The number of hydrogen-bond acceptors (Lipinski definition) is 4. The van der Waals surface area contributed by atoms with Crippen LogP contribution in [0.3, 0.4) is 0 Å². The molecule has 1 saturated heterocycles. The molecule has 0 radical (unpaired) electrons. The van der Waals surface area contributed by atoms with Gasteiger partial charge in [-0.05, 0) is 18.9 Å². The largest absolute Gasteiger partial charge is 0.481 e. The smallest absolute Gasteiger partial charge is 0.305 e. The molecule has 3 unspecified atom stereocenters. The van der Waals surface area contributed by atoms with Crippen molar-refractivity contribution in [1.82, 2.24) is 10.2 Å². The molecule has 7 heteroatoms. The van der Waals surface area contributed by atoms with Crippen molar-refractivity contribution >= 4 is 17.8 Å². The van der Waals surface area contributed by atoms with Crippen molar-refractivity contribution in [1.29, 1.82) is 0 Å². The van der Waals surface area contributed by atoms with Gasteiger partial charge in [-0.15, -0.1) is 0 Å². The number of carboxylic acid groups (broad SMARTS) is 1. The number of carboxylic acids is 1. The predicted octanol–water partition coefficient (Wildman–Crippen LogP) is 1.65. The fourth-order valence-electron chi connectivity index (χ4n) is 3.33. The van der Waals surface area contributed by atoms with Crippen LogP contribution in [0.15, 0.2) is 24.3 Å². The fourth-order valence-corrected chi connectivity index (χ4v) is 3.33. The summed E-state index contributed by atoms with van der Waals surface area (Å²) >= 11 is 0. The third-order valence-corrected chi connectivity index (χ3v) is 4.68. The third kappa shape index (κ3) is 5.29. The van der Waals surface area contributed by atoms with Gasteiger partial charge in [-0.25, -0.2) is 0 Å². The van der Waals surface area contributed by atoms with Crippen molar-refractivity contribution in [3.05, 3.63) is 35.4 Å². The van der Waals surface area contributed by atoms with E-state index < -0.39 is 12.0 Å². The van der Waals surface area contributed by atoms with Crippen LogP contribution < -0.4 is 5.32 Å². The monoisotopic (exact) mass is 362 g/mol. The maximum Gasteiger partial charge on any atom is 0.305 e. The second kappa shape index (κ2) is 8.80. The van der Waals surface area contributed by atoms with Crippen molar-refractivity contribution in [3.8, 4) is 0 Å². The molecule has 0 bridgehead atoms. The van der Waals surface area contributed by atoms with Crippen LogP contribution in [0.4, 0.5) is 0 Å². The van der Waals surface area contributed by atoms with Crippen molar-refractivity contribution in [3.63, 3.8) is 0 Å². The highest BCUT2D eigenvalue weighted by molar-refractivity contribution is 5.80. The highest BCUT2D eigenvalue weighted by Gasteiger charge is 2.37. The summed E-state index contributed by atoms with van der Waals surface area (Å²) in [4.78, 5) is 37.1. The lowest BCUT2D eigenvalue weighted by Gasteiger charge is -2.26. The Morgan fingerprint density at radius 2 is 1.96 bits per heavy atom. The molecule has 1 heterocycles. The summed E-state index contributed by atoms with van der Waals surface area (Å²) in [5.74, 6) is -1.35. The van der Waals surface area contributed by atoms with E-state index >= 15 is 0 Å². The number of carbonyl (C=O) groups is 3.